The number of rotatable bonds is 4. The molecule has 0 radical (unpaired) electrons. The van der Waals surface area contributed by atoms with E-state index in [0.717, 1.165) is 48.0 Å². The Balaban J connectivity index is 1.56. The number of pyridine rings is 2. The van der Waals surface area contributed by atoms with Gasteiger partial charge in [0.2, 0.25) is 0 Å². The second-order valence-electron chi connectivity index (χ2n) is 7.55. The zero-order chi connectivity index (χ0) is 22.8. The van der Waals surface area contributed by atoms with Gasteiger partial charge in [0.05, 0.1) is 22.8 Å². The van der Waals surface area contributed by atoms with Crippen molar-refractivity contribution in [3.05, 3.63) is 71.9 Å². The number of benzene rings is 1. The predicted octanol–water partition coefficient (Wildman–Crippen LogP) is 3.84. The van der Waals surface area contributed by atoms with Gasteiger partial charge in [0.15, 0.2) is 0 Å². The molecule has 33 heavy (non-hydrogen) atoms. The molecule has 1 N–H and O–H groups in total. The van der Waals surface area contributed by atoms with Crippen LogP contribution in [0, 0.1) is 28.5 Å². The van der Waals surface area contributed by atoms with Gasteiger partial charge >= 0.3 is 0 Å². The molecule has 0 saturated carbocycles. The third-order valence-corrected chi connectivity index (χ3v) is 6.61. The molecular formula is C24H18FN7S. The molecule has 9 heteroatoms. The molecule has 7 nitrogen and oxygen atoms in total. The van der Waals surface area contributed by atoms with Crippen molar-refractivity contribution in [2.45, 2.75) is 9.79 Å². The second-order valence-corrected chi connectivity index (χ2v) is 8.64. The summed E-state index contributed by atoms with van der Waals surface area (Å²) in [7, 11) is 0. The summed E-state index contributed by atoms with van der Waals surface area (Å²) in [5, 5.41) is 26.7. The van der Waals surface area contributed by atoms with Gasteiger partial charge in [0.1, 0.15) is 23.8 Å². The Hall–Kier alpha value is -3.92. The minimum Gasteiger partial charge on any atom is -0.354 e. The molecule has 1 aliphatic heterocycles. The highest BCUT2D eigenvalue weighted by atomic mass is 32.2. The van der Waals surface area contributed by atoms with Crippen molar-refractivity contribution in [3.63, 3.8) is 0 Å². The lowest BCUT2D eigenvalue weighted by atomic mass is 10.1. The Bertz CT molecular complexity index is 1410. The topological polar surface area (TPSA) is 93.0 Å². The maximum Gasteiger partial charge on any atom is 0.128 e. The average molecular weight is 456 g/mol. The van der Waals surface area contributed by atoms with Crippen LogP contribution in [0.4, 0.5) is 10.2 Å². The van der Waals surface area contributed by atoms with Gasteiger partial charge in [-0.15, -0.1) is 0 Å². The van der Waals surface area contributed by atoms with Gasteiger partial charge in [-0.25, -0.2) is 13.9 Å². The number of piperazine rings is 1. The normalized spacial score (nSPS) is 13.6. The molecule has 1 saturated heterocycles. The first kappa shape index (κ1) is 21.0. The Labute approximate surface area is 194 Å². The number of nitrogens with one attached hydrogen (secondary N) is 1. The van der Waals surface area contributed by atoms with E-state index in [1.807, 2.05) is 36.7 Å². The highest BCUT2D eigenvalue weighted by molar-refractivity contribution is 7.99. The average Bonchev–Trinajstić information content (AvgIpc) is 3.29. The van der Waals surface area contributed by atoms with Crippen LogP contribution in [0.2, 0.25) is 0 Å². The van der Waals surface area contributed by atoms with Gasteiger partial charge in [0, 0.05) is 59.5 Å². The number of hydrogen-bond donors (Lipinski definition) is 1. The molecular weight excluding hydrogens is 437 g/mol. The van der Waals surface area contributed by atoms with Gasteiger partial charge in [0.25, 0.3) is 0 Å². The van der Waals surface area contributed by atoms with Crippen molar-refractivity contribution in [3.8, 4) is 23.3 Å². The SMILES string of the molecule is N#Cc1cc(F)ccc1Sc1cc(-c2ccc(N3CCNCC3)nc2)cn2ncc(C#N)c12. The molecule has 162 valence electrons. The van der Waals surface area contributed by atoms with Crippen LogP contribution in [0.1, 0.15) is 11.1 Å². The molecule has 0 unspecified atom stereocenters. The number of fused-ring (bicyclic) bond motifs is 1. The molecule has 1 aromatic carbocycles. The standard InChI is InChI=1S/C24H18FN7S/c25-20-2-3-21(17(9-20)11-26)33-22-10-18(15-32-24(22)19(12-27)14-30-32)16-1-4-23(29-13-16)31-7-5-28-6-8-31/h1-4,9-10,13-15,28H,5-8H2. The molecule has 4 heterocycles. The Morgan fingerprint density at radius 3 is 2.48 bits per heavy atom. The molecule has 3 aromatic heterocycles. The quantitative estimate of drug-likeness (QED) is 0.500. The van der Waals surface area contributed by atoms with E-state index >= 15 is 0 Å². The van der Waals surface area contributed by atoms with E-state index in [1.54, 1.807) is 10.6 Å². The number of halogens is 1. The summed E-state index contributed by atoms with van der Waals surface area (Å²) in [6.07, 6.45) is 5.21. The van der Waals surface area contributed by atoms with Crippen molar-refractivity contribution in [1.82, 2.24) is 19.9 Å². The number of aromatic nitrogens is 3. The largest absolute Gasteiger partial charge is 0.354 e. The number of hydrogen-bond acceptors (Lipinski definition) is 7. The van der Waals surface area contributed by atoms with Gasteiger partial charge < -0.3 is 10.2 Å². The lowest BCUT2D eigenvalue weighted by molar-refractivity contribution is 0.585. The molecule has 0 atom stereocenters. The highest BCUT2D eigenvalue weighted by Crippen LogP contribution is 2.37. The summed E-state index contributed by atoms with van der Waals surface area (Å²) < 4.78 is 15.3. The third kappa shape index (κ3) is 4.12. The third-order valence-electron chi connectivity index (χ3n) is 5.50. The fourth-order valence-electron chi connectivity index (χ4n) is 3.84. The second kappa shape index (κ2) is 8.91. The zero-order valence-electron chi connectivity index (χ0n) is 17.5. The number of nitrogens with zero attached hydrogens (tertiary/aromatic N) is 6. The van der Waals surface area contributed by atoms with Crippen molar-refractivity contribution < 1.29 is 4.39 Å². The first-order chi connectivity index (χ1) is 16.2. The smallest absolute Gasteiger partial charge is 0.128 e. The van der Waals surface area contributed by atoms with E-state index in [9.17, 15) is 14.9 Å². The zero-order valence-corrected chi connectivity index (χ0v) is 18.3. The monoisotopic (exact) mass is 455 g/mol. The van der Waals surface area contributed by atoms with Crippen LogP contribution in [0.15, 0.2) is 64.8 Å². The molecule has 1 aliphatic rings. The minimum atomic E-state index is -0.465. The fourth-order valence-corrected chi connectivity index (χ4v) is 4.91. The Morgan fingerprint density at radius 1 is 0.939 bits per heavy atom. The molecule has 5 rings (SSSR count). The van der Waals surface area contributed by atoms with Gasteiger partial charge in [-0.05, 0) is 36.4 Å². The van der Waals surface area contributed by atoms with E-state index in [1.165, 1.54) is 30.1 Å². The van der Waals surface area contributed by atoms with E-state index < -0.39 is 5.82 Å². The summed E-state index contributed by atoms with van der Waals surface area (Å²) in [5.41, 5.74) is 3.09. The van der Waals surface area contributed by atoms with Crippen molar-refractivity contribution in [2.75, 3.05) is 31.1 Å². The van der Waals surface area contributed by atoms with Crippen molar-refractivity contribution in [1.29, 1.82) is 10.5 Å². The van der Waals surface area contributed by atoms with Crippen LogP contribution in [-0.4, -0.2) is 40.8 Å². The fraction of sp³-hybridized carbons (Fsp3) is 0.167. The first-order valence-electron chi connectivity index (χ1n) is 10.4. The van der Waals surface area contributed by atoms with Crippen LogP contribution in [0.5, 0.6) is 0 Å². The van der Waals surface area contributed by atoms with E-state index in [4.69, 9.17) is 0 Å². The molecule has 0 aliphatic carbocycles. The lowest BCUT2D eigenvalue weighted by Gasteiger charge is -2.28. The predicted molar refractivity (Wildman–Crippen MR) is 123 cm³/mol. The van der Waals surface area contributed by atoms with Crippen LogP contribution in [0.3, 0.4) is 0 Å². The molecule has 0 spiro atoms. The summed E-state index contributed by atoms with van der Waals surface area (Å²) in [6, 6.07) is 14.3. The van der Waals surface area contributed by atoms with Crippen molar-refractivity contribution >= 4 is 23.1 Å². The van der Waals surface area contributed by atoms with Crippen LogP contribution < -0.4 is 10.2 Å². The van der Waals surface area contributed by atoms with Crippen molar-refractivity contribution in [2.24, 2.45) is 0 Å². The summed E-state index contributed by atoms with van der Waals surface area (Å²) >= 11 is 1.31. The van der Waals surface area contributed by atoms with E-state index in [-0.39, 0.29) is 5.56 Å². The molecule has 4 aromatic rings. The Morgan fingerprint density at radius 2 is 1.76 bits per heavy atom. The van der Waals surface area contributed by atoms with Crippen LogP contribution >= 0.6 is 11.8 Å². The summed E-state index contributed by atoms with van der Waals surface area (Å²) in [4.78, 5) is 8.25. The van der Waals surface area contributed by atoms with E-state index in [2.05, 4.69) is 26.4 Å². The van der Waals surface area contributed by atoms with Gasteiger partial charge in [-0.1, -0.05) is 11.8 Å². The summed E-state index contributed by atoms with van der Waals surface area (Å²) in [6.45, 7) is 3.72. The van der Waals surface area contributed by atoms with E-state index in [0.29, 0.717) is 16.0 Å². The molecule has 0 bridgehead atoms. The van der Waals surface area contributed by atoms with Crippen LogP contribution in [-0.2, 0) is 0 Å². The maximum absolute atomic E-state index is 13.6. The number of anilines is 1. The first-order valence-corrected chi connectivity index (χ1v) is 11.2. The number of nitriles is 2. The summed E-state index contributed by atoms with van der Waals surface area (Å²) in [5.74, 6) is 0.472. The lowest BCUT2D eigenvalue weighted by Crippen LogP contribution is -2.43. The minimum absolute atomic E-state index is 0.239. The van der Waals surface area contributed by atoms with Gasteiger partial charge in [-0.2, -0.15) is 15.6 Å². The Kier molecular flexibility index (Phi) is 5.66. The maximum atomic E-state index is 13.6. The molecule has 1 fully saturated rings. The highest BCUT2D eigenvalue weighted by Gasteiger charge is 2.16. The van der Waals surface area contributed by atoms with Crippen LogP contribution in [0.25, 0.3) is 16.6 Å². The molecule has 0 amide bonds. The van der Waals surface area contributed by atoms with Gasteiger partial charge in [-0.3, -0.25) is 0 Å².